The molecule has 3 rings (SSSR count). The van der Waals surface area contributed by atoms with Crippen molar-refractivity contribution >= 4 is 52.9 Å². The van der Waals surface area contributed by atoms with E-state index >= 15 is 0 Å². The summed E-state index contributed by atoms with van der Waals surface area (Å²) in [5.41, 5.74) is 3.49. The quantitative estimate of drug-likeness (QED) is 0.291. The van der Waals surface area contributed by atoms with Crippen LogP contribution in [-0.2, 0) is 19.1 Å². The third-order valence-electron chi connectivity index (χ3n) is 4.48. The molecule has 0 aliphatic carbocycles. The molecule has 1 aromatic heterocycles. The molecule has 1 heterocycles. The molecular weight excluding hydrogens is 519 g/mol. The Morgan fingerprint density at radius 2 is 1.28 bits per heavy atom. The molecule has 0 unspecified atom stereocenters. The van der Waals surface area contributed by atoms with Gasteiger partial charge in [0.2, 0.25) is 12.2 Å². The number of furan rings is 1. The smallest absolute Gasteiger partial charge is 0.349 e. The van der Waals surface area contributed by atoms with E-state index in [0.717, 1.165) is 0 Å². The van der Waals surface area contributed by atoms with Crippen LogP contribution in [0.3, 0.4) is 0 Å². The minimum absolute atomic E-state index is 0.0484. The second-order valence-corrected chi connectivity index (χ2v) is 7.68. The number of halogens is 2. The topological polar surface area (TPSA) is 161 Å². The summed E-state index contributed by atoms with van der Waals surface area (Å²) in [6, 6.07) is 13.9. The summed E-state index contributed by atoms with van der Waals surface area (Å²) in [4.78, 5) is 62.2. The van der Waals surface area contributed by atoms with Crippen molar-refractivity contribution in [3.05, 3.63) is 93.9 Å². The van der Waals surface area contributed by atoms with Crippen LogP contribution in [-0.4, -0.2) is 47.0 Å². The highest BCUT2D eigenvalue weighted by Crippen LogP contribution is 2.20. The molecule has 0 saturated heterocycles. The molecule has 186 valence electrons. The second kappa shape index (κ2) is 11.9. The standard InChI is InChI=1S/C23H16Cl2N2O9/c24-14-8-3-1-6-12(14)22(32)35-17(20(29)27-26-19(28)16-10-5-11-34-16)18(21(30)31)36-23(33)13-7-2-4-9-15(13)25/h1-11,17-18H,(H,26,28)(H,27,29)(H,30,31)/t17-,18+/m0/s1. The Balaban J connectivity index is 1.87. The maximum absolute atomic E-state index is 12.9. The van der Waals surface area contributed by atoms with E-state index in [4.69, 9.17) is 37.1 Å². The molecule has 2 amide bonds. The van der Waals surface area contributed by atoms with Crippen molar-refractivity contribution < 1.29 is 43.0 Å². The molecule has 3 N–H and O–H groups in total. The van der Waals surface area contributed by atoms with Gasteiger partial charge in [0.25, 0.3) is 5.91 Å². The summed E-state index contributed by atoms with van der Waals surface area (Å²) >= 11 is 11.9. The number of carboxylic acids is 1. The number of aliphatic carboxylic acids is 1. The fourth-order valence-electron chi connectivity index (χ4n) is 2.76. The first-order valence-electron chi connectivity index (χ1n) is 9.96. The molecule has 36 heavy (non-hydrogen) atoms. The van der Waals surface area contributed by atoms with Crippen molar-refractivity contribution in [2.45, 2.75) is 12.2 Å². The fraction of sp³-hybridized carbons (Fsp3) is 0.0870. The highest BCUT2D eigenvalue weighted by molar-refractivity contribution is 6.34. The number of hydrazine groups is 1. The average Bonchev–Trinajstić information content (AvgIpc) is 3.40. The van der Waals surface area contributed by atoms with Crippen LogP contribution >= 0.6 is 23.2 Å². The van der Waals surface area contributed by atoms with Gasteiger partial charge < -0.3 is 19.0 Å². The number of nitrogens with one attached hydrogen (secondary N) is 2. The van der Waals surface area contributed by atoms with Gasteiger partial charge in [0.15, 0.2) is 5.76 Å². The number of hydrogen-bond acceptors (Lipinski definition) is 8. The first-order chi connectivity index (χ1) is 17.2. The van der Waals surface area contributed by atoms with Gasteiger partial charge in [0, 0.05) is 0 Å². The Hall–Kier alpha value is -4.35. The van der Waals surface area contributed by atoms with Gasteiger partial charge in [-0.2, -0.15) is 0 Å². The normalized spacial score (nSPS) is 12.1. The molecule has 0 bridgehead atoms. The minimum Gasteiger partial charge on any atom is -0.478 e. The minimum atomic E-state index is -2.35. The van der Waals surface area contributed by atoms with Gasteiger partial charge >= 0.3 is 23.8 Å². The monoisotopic (exact) mass is 534 g/mol. The number of carbonyl (C=O) groups excluding carboxylic acids is 4. The molecular formula is C23H16Cl2N2O9. The van der Waals surface area contributed by atoms with Crippen LogP contribution in [0, 0.1) is 0 Å². The Morgan fingerprint density at radius 3 is 1.75 bits per heavy atom. The van der Waals surface area contributed by atoms with E-state index in [9.17, 15) is 29.1 Å². The Bertz CT molecular complexity index is 1290. The second-order valence-electron chi connectivity index (χ2n) is 6.87. The summed E-state index contributed by atoms with van der Waals surface area (Å²) in [5, 5.41) is 9.62. The maximum Gasteiger partial charge on any atom is 0.349 e. The molecule has 11 nitrogen and oxygen atoms in total. The van der Waals surface area contributed by atoms with Crippen molar-refractivity contribution in [1.82, 2.24) is 10.9 Å². The van der Waals surface area contributed by atoms with Crippen molar-refractivity contribution in [1.29, 1.82) is 0 Å². The summed E-state index contributed by atoms with van der Waals surface area (Å²) in [7, 11) is 0. The zero-order valence-corrected chi connectivity index (χ0v) is 19.5. The lowest BCUT2D eigenvalue weighted by Crippen LogP contribution is -2.54. The van der Waals surface area contributed by atoms with E-state index in [1.807, 2.05) is 10.9 Å². The van der Waals surface area contributed by atoms with E-state index in [0.29, 0.717) is 0 Å². The first kappa shape index (κ1) is 26.3. The van der Waals surface area contributed by atoms with Crippen LogP contribution in [0.25, 0.3) is 0 Å². The van der Waals surface area contributed by atoms with Crippen LogP contribution in [0.5, 0.6) is 0 Å². The first-order valence-corrected chi connectivity index (χ1v) is 10.7. The number of esters is 2. The number of amides is 2. The SMILES string of the molecule is O=C(NNC(=O)[C@@H](OC(=O)c1ccccc1Cl)[C@@H](OC(=O)c1ccccc1Cl)C(=O)O)c1ccco1. The van der Waals surface area contributed by atoms with Gasteiger partial charge in [-0.05, 0) is 36.4 Å². The lowest BCUT2D eigenvalue weighted by molar-refractivity contribution is -0.159. The van der Waals surface area contributed by atoms with Gasteiger partial charge in [0.05, 0.1) is 27.4 Å². The van der Waals surface area contributed by atoms with Crippen molar-refractivity contribution in [2.24, 2.45) is 0 Å². The number of rotatable bonds is 8. The zero-order valence-electron chi connectivity index (χ0n) is 18.0. The molecule has 3 aromatic rings. The average molecular weight is 535 g/mol. The molecule has 0 radical (unpaired) electrons. The predicted octanol–water partition coefficient (Wildman–Crippen LogP) is 2.88. The Kier molecular flexibility index (Phi) is 8.66. The van der Waals surface area contributed by atoms with Crippen LogP contribution in [0.1, 0.15) is 31.3 Å². The molecule has 0 aliphatic rings. The molecule has 0 fully saturated rings. The van der Waals surface area contributed by atoms with Crippen molar-refractivity contribution in [3.63, 3.8) is 0 Å². The number of ether oxygens (including phenoxy) is 2. The molecule has 0 spiro atoms. The van der Waals surface area contributed by atoms with Gasteiger partial charge in [-0.3, -0.25) is 20.4 Å². The van der Waals surface area contributed by atoms with E-state index in [1.54, 1.807) is 0 Å². The van der Waals surface area contributed by atoms with Crippen LogP contribution in [0.2, 0.25) is 10.0 Å². The summed E-state index contributed by atoms with van der Waals surface area (Å²) in [6.45, 7) is 0. The summed E-state index contributed by atoms with van der Waals surface area (Å²) in [5.74, 6) is -6.66. The van der Waals surface area contributed by atoms with Crippen molar-refractivity contribution in [2.75, 3.05) is 0 Å². The highest BCUT2D eigenvalue weighted by atomic mass is 35.5. The molecule has 0 saturated carbocycles. The maximum atomic E-state index is 12.9. The van der Waals surface area contributed by atoms with Crippen LogP contribution in [0.15, 0.2) is 71.3 Å². The van der Waals surface area contributed by atoms with E-state index in [-0.39, 0.29) is 26.9 Å². The molecule has 0 aliphatic heterocycles. The Labute approximate surface area is 212 Å². The number of carboxylic acid groups (broad SMARTS) is 1. The lowest BCUT2D eigenvalue weighted by Gasteiger charge is -2.23. The van der Waals surface area contributed by atoms with E-state index in [1.165, 1.54) is 66.9 Å². The number of benzene rings is 2. The zero-order chi connectivity index (χ0) is 26.2. The van der Waals surface area contributed by atoms with Gasteiger partial charge in [-0.15, -0.1) is 0 Å². The van der Waals surface area contributed by atoms with Crippen LogP contribution in [0.4, 0.5) is 0 Å². The summed E-state index contributed by atoms with van der Waals surface area (Å²) < 4.78 is 15.0. The van der Waals surface area contributed by atoms with Gasteiger partial charge in [-0.1, -0.05) is 47.5 Å². The van der Waals surface area contributed by atoms with Gasteiger partial charge in [-0.25, -0.2) is 14.4 Å². The predicted molar refractivity (Wildman–Crippen MR) is 123 cm³/mol. The number of carbonyl (C=O) groups is 5. The lowest BCUT2D eigenvalue weighted by atomic mass is 10.1. The van der Waals surface area contributed by atoms with Crippen LogP contribution < -0.4 is 10.9 Å². The van der Waals surface area contributed by atoms with E-state index in [2.05, 4.69) is 0 Å². The third kappa shape index (κ3) is 6.40. The van der Waals surface area contributed by atoms with Crippen molar-refractivity contribution in [3.8, 4) is 0 Å². The fourth-order valence-corrected chi connectivity index (χ4v) is 3.19. The molecule has 2 aromatic carbocycles. The molecule has 13 heteroatoms. The summed E-state index contributed by atoms with van der Waals surface area (Å²) in [6.07, 6.45) is -3.41. The Morgan fingerprint density at radius 1 is 0.750 bits per heavy atom. The highest BCUT2D eigenvalue weighted by Gasteiger charge is 2.41. The molecule has 2 atom stereocenters. The third-order valence-corrected chi connectivity index (χ3v) is 5.14. The number of hydrogen-bond donors (Lipinski definition) is 3. The van der Waals surface area contributed by atoms with E-state index < -0.39 is 41.9 Å². The largest absolute Gasteiger partial charge is 0.478 e. The van der Waals surface area contributed by atoms with Gasteiger partial charge in [0.1, 0.15) is 0 Å².